The van der Waals surface area contributed by atoms with Crippen LogP contribution in [-0.4, -0.2) is 21.4 Å². The number of aliphatic hydroxyl groups is 2. The van der Waals surface area contributed by atoms with Crippen molar-refractivity contribution in [3.63, 3.8) is 0 Å². The van der Waals surface area contributed by atoms with E-state index in [4.69, 9.17) is 0 Å². The molecule has 0 unspecified atom stereocenters. The van der Waals surface area contributed by atoms with Crippen molar-refractivity contribution in [1.29, 1.82) is 0 Å². The van der Waals surface area contributed by atoms with Gasteiger partial charge in [-0.2, -0.15) is 0 Å². The van der Waals surface area contributed by atoms with Crippen LogP contribution in [-0.2, 0) is 0 Å². The van der Waals surface area contributed by atoms with Gasteiger partial charge in [0.15, 0.2) is 0 Å². The van der Waals surface area contributed by atoms with Gasteiger partial charge in [0, 0.05) is 12.8 Å². The lowest BCUT2D eigenvalue weighted by Gasteiger charge is -2.51. The Morgan fingerprint density at radius 1 is 0.857 bits per heavy atom. The Balaban J connectivity index is 2.32. The molecule has 2 atom stereocenters. The highest BCUT2D eigenvalue weighted by atomic mass is 16.4. The zero-order valence-corrected chi connectivity index (χ0v) is 8.55. The van der Waals surface area contributed by atoms with Crippen LogP contribution in [0.4, 0.5) is 0 Å². The summed E-state index contributed by atoms with van der Waals surface area (Å²) in [4.78, 5) is 0. The van der Waals surface area contributed by atoms with Crippen LogP contribution < -0.4 is 0 Å². The average molecular weight is 194 g/mol. The summed E-state index contributed by atoms with van der Waals surface area (Å²) in [6.07, 6.45) is 4.35. The molecule has 2 N–H and O–H groups in total. The van der Waals surface area contributed by atoms with Crippen LogP contribution in [0.2, 0.25) is 0 Å². The third-order valence-electron chi connectivity index (χ3n) is 3.81. The molecule has 78 valence electrons. The zero-order valence-electron chi connectivity index (χ0n) is 8.55. The lowest BCUT2D eigenvalue weighted by Crippen LogP contribution is -2.58. The van der Waals surface area contributed by atoms with Gasteiger partial charge in [0.2, 0.25) is 0 Å². The monoisotopic (exact) mass is 194 g/mol. The molecule has 2 aliphatic rings. The molecule has 0 aromatic heterocycles. The van der Waals surface area contributed by atoms with E-state index in [1.807, 2.05) is 0 Å². The van der Waals surface area contributed by atoms with Crippen molar-refractivity contribution in [2.24, 2.45) is 0 Å². The summed E-state index contributed by atoms with van der Waals surface area (Å²) >= 11 is 0. The number of rotatable bonds is 0. The molecule has 2 saturated carbocycles. The predicted octanol–water partition coefficient (Wildman–Crippen LogP) is 1.93. The van der Waals surface area contributed by atoms with Gasteiger partial charge >= 0.3 is 0 Å². The van der Waals surface area contributed by atoms with E-state index in [9.17, 15) is 10.2 Å². The highest BCUT2D eigenvalue weighted by molar-refractivity contribution is 5.35. The second-order valence-corrected chi connectivity index (χ2v) is 4.83. The largest absolute Gasteiger partial charge is 0.387 e. The van der Waals surface area contributed by atoms with E-state index in [1.54, 1.807) is 0 Å². The highest BCUT2D eigenvalue weighted by Gasteiger charge is 2.53. The fourth-order valence-electron chi connectivity index (χ4n) is 2.76. The van der Waals surface area contributed by atoms with Crippen molar-refractivity contribution in [1.82, 2.24) is 0 Å². The SMILES string of the molecule is C=C1C[C@]2(O)CCCC[C@]2(O)CC1=C. The van der Waals surface area contributed by atoms with E-state index in [1.165, 1.54) is 0 Å². The van der Waals surface area contributed by atoms with E-state index in [0.717, 1.165) is 24.0 Å². The number of hydrogen-bond acceptors (Lipinski definition) is 2. The van der Waals surface area contributed by atoms with E-state index >= 15 is 0 Å². The van der Waals surface area contributed by atoms with Crippen molar-refractivity contribution in [3.8, 4) is 0 Å². The van der Waals surface area contributed by atoms with Crippen LogP contribution in [0.3, 0.4) is 0 Å². The van der Waals surface area contributed by atoms with Gasteiger partial charge in [-0.15, -0.1) is 0 Å². The van der Waals surface area contributed by atoms with Crippen LogP contribution in [0, 0.1) is 0 Å². The first-order valence-electron chi connectivity index (χ1n) is 5.28. The molecule has 0 radical (unpaired) electrons. The Labute approximate surface area is 85.0 Å². The second-order valence-electron chi connectivity index (χ2n) is 4.83. The van der Waals surface area contributed by atoms with E-state index in [-0.39, 0.29) is 0 Å². The van der Waals surface area contributed by atoms with E-state index in [2.05, 4.69) is 13.2 Å². The molecular formula is C12H18O2. The summed E-state index contributed by atoms with van der Waals surface area (Å²) < 4.78 is 0. The normalized spacial score (nSPS) is 43.6. The minimum atomic E-state index is -0.941. The van der Waals surface area contributed by atoms with Crippen LogP contribution in [0.25, 0.3) is 0 Å². The maximum absolute atomic E-state index is 10.4. The fraction of sp³-hybridized carbons (Fsp3) is 0.667. The van der Waals surface area contributed by atoms with Crippen molar-refractivity contribution in [2.45, 2.75) is 49.7 Å². The van der Waals surface area contributed by atoms with Crippen LogP contribution >= 0.6 is 0 Å². The molecule has 0 amide bonds. The molecule has 0 spiro atoms. The summed E-state index contributed by atoms with van der Waals surface area (Å²) in [5.74, 6) is 0. The maximum atomic E-state index is 10.4. The lowest BCUT2D eigenvalue weighted by atomic mass is 9.62. The first-order chi connectivity index (χ1) is 6.47. The molecule has 0 aromatic carbocycles. The van der Waals surface area contributed by atoms with Gasteiger partial charge in [0.25, 0.3) is 0 Å². The summed E-state index contributed by atoms with van der Waals surface area (Å²) in [6, 6.07) is 0. The minimum absolute atomic E-state index is 0.488. The van der Waals surface area contributed by atoms with Gasteiger partial charge in [-0.3, -0.25) is 0 Å². The summed E-state index contributed by atoms with van der Waals surface area (Å²) in [5, 5.41) is 20.8. The van der Waals surface area contributed by atoms with Gasteiger partial charge in [0.05, 0.1) is 11.2 Å². The summed E-state index contributed by atoms with van der Waals surface area (Å²) in [7, 11) is 0. The number of hydrogen-bond donors (Lipinski definition) is 2. The summed E-state index contributed by atoms with van der Waals surface area (Å²) in [6.45, 7) is 7.78. The van der Waals surface area contributed by atoms with Crippen LogP contribution in [0.5, 0.6) is 0 Å². The summed E-state index contributed by atoms with van der Waals surface area (Å²) in [5.41, 5.74) is -0.0781. The molecule has 2 nitrogen and oxygen atoms in total. The topological polar surface area (TPSA) is 40.5 Å². The molecule has 0 aromatic rings. The van der Waals surface area contributed by atoms with E-state index in [0.29, 0.717) is 25.7 Å². The van der Waals surface area contributed by atoms with E-state index < -0.39 is 11.2 Å². The molecule has 0 bridgehead atoms. The zero-order chi connectivity index (χ0) is 10.4. The van der Waals surface area contributed by atoms with Gasteiger partial charge < -0.3 is 10.2 Å². The van der Waals surface area contributed by atoms with Crippen LogP contribution in [0.1, 0.15) is 38.5 Å². The van der Waals surface area contributed by atoms with Gasteiger partial charge in [-0.25, -0.2) is 0 Å². The minimum Gasteiger partial charge on any atom is -0.387 e. The molecule has 0 saturated heterocycles. The van der Waals surface area contributed by atoms with Crippen molar-refractivity contribution in [3.05, 3.63) is 24.3 Å². The molecule has 2 fully saturated rings. The third-order valence-corrected chi connectivity index (χ3v) is 3.81. The highest BCUT2D eigenvalue weighted by Crippen LogP contribution is 2.49. The molecule has 2 heteroatoms. The van der Waals surface area contributed by atoms with Crippen molar-refractivity contribution in [2.75, 3.05) is 0 Å². The predicted molar refractivity (Wildman–Crippen MR) is 55.9 cm³/mol. The van der Waals surface area contributed by atoms with Gasteiger partial charge in [0.1, 0.15) is 0 Å². The van der Waals surface area contributed by atoms with Crippen molar-refractivity contribution < 1.29 is 10.2 Å². The Bertz CT molecular complexity index is 265. The standard InChI is InChI=1S/C12H18O2/c1-9-7-11(13)5-3-4-6-12(11,14)8-10(9)2/h13-14H,1-8H2/t11-,12+. The first-order valence-corrected chi connectivity index (χ1v) is 5.28. The Morgan fingerprint density at radius 3 is 1.57 bits per heavy atom. The average Bonchev–Trinajstić information content (AvgIpc) is 2.09. The number of fused-ring (bicyclic) bond motifs is 1. The van der Waals surface area contributed by atoms with Gasteiger partial charge in [-0.1, -0.05) is 26.0 Å². The Hall–Kier alpha value is -0.600. The fourth-order valence-corrected chi connectivity index (χ4v) is 2.76. The molecule has 2 rings (SSSR count). The van der Waals surface area contributed by atoms with Gasteiger partial charge in [-0.05, 0) is 24.0 Å². The smallest absolute Gasteiger partial charge is 0.0976 e. The maximum Gasteiger partial charge on any atom is 0.0976 e. The second kappa shape index (κ2) is 2.94. The first kappa shape index (κ1) is 9.94. The molecular weight excluding hydrogens is 176 g/mol. The molecule has 0 heterocycles. The third kappa shape index (κ3) is 1.25. The molecule has 2 aliphatic carbocycles. The molecule has 0 aliphatic heterocycles. The molecule has 14 heavy (non-hydrogen) atoms. The van der Waals surface area contributed by atoms with Crippen LogP contribution in [0.15, 0.2) is 24.3 Å². The Morgan fingerprint density at radius 2 is 1.21 bits per heavy atom. The van der Waals surface area contributed by atoms with Crippen molar-refractivity contribution >= 4 is 0 Å². The Kier molecular flexibility index (Phi) is 2.09. The quantitative estimate of drug-likeness (QED) is 0.618. The lowest BCUT2D eigenvalue weighted by molar-refractivity contribution is -0.179.